The molecule has 1 aliphatic rings. The molecule has 2 aromatic carbocycles. The number of hydrogen-bond donors (Lipinski definition) is 1. The first-order chi connectivity index (χ1) is 11.9. The summed E-state index contributed by atoms with van der Waals surface area (Å²) < 4.78 is 29.9. The van der Waals surface area contributed by atoms with Crippen molar-refractivity contribution in [3.05, 3.63) is 65.2 Å². The maximum atomic E-state index is 12.3. The van der Waals surface area contributed by atoms with Crippen LogP contribution in [0.4, 0.5) is 0 Å². The number of esters is 1. The molecule has 7 heteroatoms. The lowest BCUT2D eigenvalue weighted by molar-refractivity contribution is 0.0389. The Hall–Kier alpha value is -2.67. The molecule has 0 amide bonds. The number of hydrazone groups is 1. The lowest BCUT2D eigenvalue weighted by Crippen LogP contribution is -2.34. The van der Waals surface area contributed by atoms with Crippen LogP contribution in [0.1, 0.15) is 28.4 Å². The first-order valence-electron chi connectivity index (χ1n) is 7.78. The first-order valence-corrected chi connectivity index (χ1v) is 9.27. The molecule has 3 rings (SSSR count). The van der Waals surface area contributed by atoms with Crippen molar-refractivity contribution >= 4 is 21.7 Å². The van der Waals surface area contributed by atoms with E-state index in [1.165, 1.54) is 12.1 Å². The summed E-state index contributed by atoms with van der Waals surface area (Å²) in [6, 6.07) is 13.6. The summed E-state index contributed by atoms with van der Waals surface area (Å²) in [7, 11) is -3.76. The minimum Gasteiger partial charge on any atom is -0.452 e. The quantitative estimate of drug-likeness (QED) is 0.517. The fraction of sp³-hybridized carbons (Fsp3) is 0.222. The summed E-state index contributed by atoms with van der Waals surface area (Å²) >= 11 is 0. The molecule has 25 heavy (non-hydrogen) atoms. The van der Waals surface area contributed by atoms with E-state index in [9.17, 15) is 13.2 Å². The number of hydrogen-bond acceptors (Lipinski definition) is 5. The second-order valence-electron chi connectivity index (χ2n) is 5.92. The Morgan fingerprint density at radius 3 is 2.56 bits per heavy atom. The third-order valence-electron chi connectivity index (χ3n) is 4.03. The zero-order valence-corrected chi connectivity index (χ0v) is 14.7. The van der Waals surface area contributed by atoms with Crippen molar-refractivity contribution in [3.8, 4) is 0 Å². The summed E-state index contributed by atoms with van der Waals surface area (Å²) in [4.78, 5) is 14.4. The highest BCUT2D eigenvalue weighted by Gasteiger charge is 2.28. The van der Waals surface area contributed by atoms with E-state index in [1.54, 1.807) is 31.2 Å². The van der Waals surface area contributed by atoms with Gasteiger partial charge in [0.05, 0.1) is 16.2 Å². The van der Waals surface area contributed by atoms with Crippen LogP contribution in [-0.2, 0) is 21.2 Å². The van der Waals surface area contributed by atoms with E-state index in [4.69, 9.17) is 4.74 Å². The van der Waals surface area contributed by atoms with Gasteiger partial charge in [-0.15, -0.1) is 0 Å². The molecular weight excluding hydrogens is 340 g/mol. The average Bonchev–Trinajstić information content (AvgIpc) is 2.60. The smallest absolute Gasteiger partial charge is 0.339 e. The third-order valence-corrected chi connectivity index (χ3v) is 5.26. The maximum absolute atomic E-state index is 12.3. The van der Waals surface area contributed by atoms with Crippen LogP contribution in [0.5, 0.6) is 0 Å². The largest absolute Gasteiger partial charge is 0.452 e. The van der Waals surface area contributed by atoms with E-state index < -0.39 is 22.1 Å². The number of nitrogens with zero attached hydrogens (tertiary/aromatic N) is 1. The van der Waals surface area contributed by atoms with Crippen LogP contribution in [0.25, 0.3) is 0 Å². The Labute approximate surface area is 146 Å². The van der Waals surface area contributed by atoms with Gasteiger partial charge in [-0.05, 0) is 37.6 Å². The minimum absolute atomic E-state index is 0.126. The lowest BCUT2D eigenvalue weighted by Gasteiger charge is -2.24. The van der Waals surface area contributed by atoms with Crippen molar-refractivity contribution in [3.63, 3.8) is 0 Å². The van der Waals surface area contributed by atoms with Crippen molar-refractivity contribution in [2.45, 2.75) is 31.3 Å². The fourth-order valence-corrected chi connectivity index (χ4v) is 3.40. The summed E-state index contributed by atoms with van der Waals surface area (Å²) in [5.41, 5.74) is 2.75. The van der Waals surface area contributed by atoms with Crippen molar-refractivity contribution in [2.75, 3.05) is 0 Å². The molecule has 1 atom stereocenters. The molecule has 0 saturated heterocycles. The SMILES string of the molecule is C/C(=N\NS(=O)(=O)c1ccc(C)cc1)C1Cc2ccccc2C(=O)O1. The van der Waals surface area contributed by atoms with E-state index in [1.807, 2.05) is 19.1 Å². The third kappa shape index (κ3) is 3.71. The zero-order chi connectivity index (χ0) is 18.0. The highest BCUT2D eigenvalue weighted by molar-refractivity contribution is 7.89. The summed E-state index contributed by atoms with van der Waals surface area (Å²) in [5.74, 6) is -0.428. The Morgan fingerprint density at radius 2 is 1.84 bits per heavy atom. The van der Waals surface area contributed by atoms with Crippen LogP contribution >= 0.6 is 0 Å². The van der Waals surface area contributed by atoms with Gasteiger partial charge in [-0.1, -0.05) is 35.9 Å². The molecule has 0 aromatic heterocycles. The van der Waals surface area contributed by atoms with E-state index in [-0.39, 0.29) is 4.90 Å². The molecule has 1 aliphatic heterocycles. The standard InChI is InChI=1S/C18H18N2O4S/c1-12-7-9-15(10-8-12)25(22,23)20-19-13(2)17-11-14-5-3-4-6-16(14)18(21)24-17/h3-10,17,20H,11H2,1-2H3/b19-13+. The van der Waals surface area contributed by atoms with E-state index in [0.29, 0.717) is 17.7 Å². The number of cyclic esters (lactones) is 1. The molecule has 0 fully saturated rings. The first kappa shape index (κ1) is 17.2. The van der Waals surface area contributed by atoms with Crippen LogP contribution in [0.3, 0.4) is 0 Å². The summed E-state index contributed by atoms with van der Waals surface area (Å²) in [6.45, 7) is 3.50. The monoisotopic (exact) mass is 358 g/mol. The van der Waals surface area contributed by atoms with Crippen LogP contribution in [0.15, 0.2) is 58.5 Å². The highest BCUT2D eigenvalue weighted by atomic mass is 32.2. The van der Waals surface area contributed by atoms with Crippen molar-refractivity contribution < 1.29 is 17.9 Å². The van der Waals surface area contributed by atoms with Crippen molar-refractivity contribution in [1.82, 2.24) is 4.83 Å². The summed E-state index contributed by atoms with van der Waals surface area (Å²) in [5, 5.41) is 3.93. The molecule has 2 aromatic rings. The van der Waals surface area contributed by atoms with Crippen LogP contribution in [-0.4, -0.2) is 26.2 Å². The van der Waals surface area contributed by atoms with Gasteiger partial charge in [-0.3, -0.25) is 0 Å². The average molecular weight is 358 g/mol. The van der Waals surface area contributed by atoms with Gasteiger partial charge in [0.2, 0.25) is 0 Å². The number of nitrogens with one attached hydrogen (secondary N) is 1. The van der Waals surface area contributed by atoms with Crippen molar-refractivity contribution in [2.24, 2.45) is 5.10 Å². The Bertz CT molecular complexity index is 934. The molecule has 130 valence electrons. The van der Waals surface area contributed by atoms with Crippen LogP contribution in [0.2, 0.25) is 0 Å². The zero-order valence-electron chi connectivity index (χ0n) is 13.9. The Balaban J connectivity index is 1.76. The Kier molecular flexibility index (Phi) is 4.59. The molecule has 0 spiro atoms. The molecule has 1 unspecified atom stereocenters. The fourth-order valence-electron chi connectivity index (χ4n) is 2.54. The van der Waals surface area contributed by atoms with Gasteiger partial charge in [-0.25, -0.2) is 9.63 Å². The number of ether oxygens (including phenoxy) is 1. The number of fused-ring (bicyclic) bond motifs is 1. The number of carbonyl (C=O) groups is 1. The lowest BCUT2D eigenvalue weighted by atomic mass is 9.97. The second-order valence-corrected chi connectivity index (χ2v) is 7.58. The van der Waals surface area contributed by atoms with Gasteiger partial charge in [0.1, 0.15) is 6.10 Å². The molecule has 0 bridgehead atoms. The number of benzene rings is 2. The molecular formula is C18H18N2O4S. The number of rotatable bonds is 4. The molecule has 0 radical (unpaired) electrons. The highest BCUT2D eigenvalue weighted by Crippen LogP contribution is 2.21. The normalized spacial score (nSPS) is 17.6. The van der Waals surface area contributed by atoms with Crippen molar-refractivity contribution in [1.29, 1.82) is 0 Å². The van der Waals surface area contributed by atoms with E-state index in [0.717, 1.165) is 11.1 Å². The van der Waals surface area contributed by atoms with E-state index >= 15 is 0 Å². The molecule has 0 saturated carbocycles. The minimum atomic E-state index is -3.76. The van der Waals surface area contributed by atoms with Gasteiger partial charge < -0.3 is 4.74 Å². The second kappa shape index (κ2) is 6.68. The molecule has 6 nitrogen and oxygen atoms in total. The summed E-state index contributed by atoms with van der Waals surface area (Å²) in [6.07, 6.45) is -0.133. The van der Waals surface area contributed by atoms with Gasteiger partial charge >= 0.3 is 5.97 Å². The van der Waals surface area contributed by atoms with Crippen LogP contribution in [0, 0.1) is 6.92 Å². The van der Waals surface area contributed by atoms with Crippen LogP contribution < -0.4 is 4.83 Å². The van der Waals surface area contributed by atoms with Gasteiger partial charge in [0.15, 0.2) is 0 Å². The predicted molar refractivity (Wildman–Crippen MR) is 94.0 cm³/mol. The van der Waals surface area contributed by atoms with Gasteiger partial charge in [-0.2, -0.15) is 13.5 Å². The van der Waals surface area contributed by atoms with Gasteiger partial charge in [0.25, 0.3) is 10.0 Å². The number of aryl methyl sites for hydroxylation is 1. The molecule has 0 aliphatic carbocycles. The number of sulfonamides is 1. The van der Waals surface area contributed by atoms with E-state index in [2.05, 4.69) is 9.93 Å². The number of carbonyl (C=O) groups excluding carboxylic acids is 1. The molecule has 1 N–H and O–H groups in total. The Morgan fingerprint density at radius 1 is 1.16 bits per heavy atom. The van der Waals surface area contributed by atoms with Gasteiger partial charge in [0, 0.05) is 6.42 Å². The predicted octanol–water partition coefficient (Wildman–Crippen LogP) is 2.43. The topological polar surface area (TPSA) is 84.8 Å². The maximum Gasteiger partial charge on any atom is 0.339 e. The molecule has 1 heterocycles.